The van der Waals surface area contributed by atoms with Gasteiger partial charge in [-0.2, -0.15) is 0 Å². The van der Waals surface area contributed by atoms with Gasteiger partial charge in [0.05, 0.1) is 0 Å². The van der Waals surface area contributed by atoms with Crippen LogP contribution < -0.4 is 5.32 Å². The van der Waals surface area contributed by atoms with E-state index in [1.807, 2.05) is 30.0 Å². The summed E-state index contributed by atoms with van der Waals surface area (Å²) in [5.74, 6) is 0.180. The Labute approximate surface area is 160 Å². The number of thioether (sulfide) groups is 1. The van der Waals surface area contributed by atoms with Crippen molar-refractivity contribution in [3.63, 3.8) is 0 Å². The lowest BCUT2D eigenvalue weighted by atomic mass is 10.2. The number of carbonyl (C=O) groups is 1. The van der Waals surface area contributed by atoms with Crippen molar-refractivity contribution >= 4 is 23.4 Å². The summed E-state index contributed by atoms with van der Waals surface area (Å²) in [6.45, 7) is 6.35. The molecule has 0 saturated carbocycles. The molecule has 2 aromatic carbocycles. The Morgan fingerprint density at radius 3 is 2.50 bits per heavy atom. The van der Waals surface area contributed by atoms with Crippen molar-refractivity contribution in [2.24, 2.45) is 0 Å². The van der Waals surface area contributed by atoms with Crippen molar-refractivity contribution in [2.75, 3.05) is 37.8 Å². The normalized spacial score (nSPS) is 16.3. The lowest BCUT2D eigenvalue weighted by molar-refractivity contribution is -0.133. The van der Waals surface area contributed by atoms with Crippen LogP contribution in [0.2, 0.25) is 0 Å². The molecule has 1 saturated heterocycles. The minimum Gasteiger partial charge on any atom is -0.374 e. The van der Waals surface area contributed by atoms with E-state index in [0.29, 0.717) is 0 Å². The van der Waals surface area contributed by atoms with Gasteiger partial charge in [0, 0.05) is 43.3 Å². The maximum Gasteiger partial charge on any atom is 0.244 e. The Hall–Kier alpha value is -1.98. The molecule has 0 aromatic heterocycles. The Bertz CT molecular complexity index is 714. The molecule has 5 heteroatoms. The zero-order valence-electron chi connectivity index (χ0n) is 15.5. The SMILES string of the molecule is CSc1cccc(N[C@@H](C)C(=O)N2CCN(Cc3ccccc3)CC2)c1. The van der Waals surface area contributed by atoms with Gasteiger partial charge in [0.15, 0.2) is 0 Å². The fourth-order valence-corrected chi connectivity index (χ4v) is 3.73. The number of hydrogen-bond donors (Lipinski definition) is 1. The number of benzene rings is 2. The van der Waals surface area contributed by atoms with E-state index in [1.54, 1.807) is 11.8 Å². The molecule has 26 heavy (non-hydrogen) atoms. The van der Waals surface area contributed by atoms with Gasteiger partial charge in [-0.1, -0.05) is 36.4 Å². The second kappa shape index (κ2) is 9.10. The van der Waals surface area contributed by atoms with Crippen LogP contribution in [-0.2, 0) is 11.3 Å². The number of nitrogens with one attached hydrogen (secondary N) is 1. The lowest BCUT2D eigenvalue weighted by Gasteiger charge is -2.36. The largest absolute Gasteiger partial charge is 0.374 e. The predicted octanol–water partition coefficient (Wildman–Crippen LogP) is 3.55. The van der Waals surface area contributed by atoms with E-state index in [2.05, 4.69) is 52.9 Å². The first-order valence-corrected chi connectivity index (χ1v) is 10.3. The van der Waals surface area contributed by atoms with Crippen LogP contribution in [0.5, 0.6) is 0 Å². The Kier molecular flexibility index (Phi) is 6.58. The summed E-state index contributed by atoms with van der Waals surface area (Å²) in [5.41, 5.74) is 2.33. The van der Waals surface area contributed by atoms with Crippen molar-refractivity contribution in [3.05, 3.63) is 60.2 Å². The van der Waals surface area contributed by atoms with Crippen LogP contribution in [0.4, 0.5) is 5.69 Å². The molecule has 0 spiro atoms. The third-order valence-corrected chi connectivity index (χ3v) is 5.48. The van der Waals surface area contributed by atoms with Crippen LogP contribution in [0, 0.1) is 0 Å². The Morgan fingerprint density at radius 1 is 1.08 bits per heavy atom. The van der Waals surface area contributed by atoms with Crippen molar-refractivity contribution < 1.29 is 4.79 Å². The molecule has 0 unspecified atom stereocenters. The van der Waals surface area contributed by atoms with Crippen LogP contribution >= 0.6 is 11.8 Å². The number of carbonyl (C=O) groups excluding carboxylic acids is 1. The Balaban J connectivity index is 1.49. The van der Waals surface area contributed by atoms with Crippen molar-refractivity contribution in [2.45, 2.75) is 24.4 Å². The van der Waals surface area contributed by atoms with E-state index >= 15 is 0 Å². The lowest BCUT2D eigenvalue weighted by Crippen LogP contribution is -2.51. The standard InChI is InChI=1S/C21H27N3OS/c1-17(22-19-9-6-10-20(15-19)26-2)21(25)24-13-11-23(12-14-24)16-18-7-4-3-5-8-18/h3-10,15,17,22H,11-14,16H2,1-2H3/t17-/m0/s1. The van der Waals surface area contributed by atoms with E-state index in [4.69, 9.17) is 0 Å². The maximum atomic E-state index is 12.8. The average molecular weight is 370 g/mol. The van der Waals surface area contributed by atoms with Gasteiger partial charge in [-0.25, -0.2) is 0 Å². The van der Waals surface area contributed by atoms with Gasteiger partial charge in [0.2, 0.25) is 5.91 Å². The highest BCUT2D eigenvalue weighted by Crippen LogP contribution is 2.20. The van der Waals surface area contributed by atoms with Crippen molar-refractivity contribution in [1.29, 1.82) is 0 Å². The predicted molar refractivity (Wildman–Crippen MR) is 110 cm³/mol. The first-order valence-electron chi connectivity index (χ1n) is 9.11. The summed E-state index contributed by atoms with van der Waals surface area (Å²) >= 11 is 1.71. The third kappa shape index (κ3) is 5.02. The van der Waals surface area contributed by atoms with E-state index in [-0.39, 0.29) is 11.9 Å². The average Bonchev–Trinajstić information content (AvgIpc) is 2.69. The topological polar surface area (TPSA) is 35.6 Å². The molecule has 1 atom stereocenters. The molecule has 4 nitrogen and oxygen atoms in total. The van der Waals surface area contributed by atoms with Gasteiger partial charge >= 0.3 is 0 Å². The Morgan fingerprint density at radius 2 is 1.81 bits per heavy atom. The summed E-state index contributed by atoms with van der Waals surface area (Å²) in [4.78, 5) is 18.4. The fraction of sp³-hybridized carbons (Fsp3) is 0.381. The molecule has 0 bridgehead atoms. The summed E-state index contributed by atoms with van der Waals surface area (Å²) in [6.07, 6.45) is 2.06. The molecule has 1 heterocycles. The minimum atomic E-state index is -0.215. The molecule has 1 aliphatic heterocycles. The third-order valence-electron chi connectivity index (χ3n) is 4.76. The van der Waals surface area contributed by atoms with Crippen LogP contribution in [0.1, 0.15) is 12.5 Å². The quantitative estimate of drug-likeness (QED) is 0.790. The van der Waals surface area contributed by atoms with Crippen LogP contribution in [0.3, 0.4) is 0 Å². The molecule has 1 fully saturated rings. The second-order valence-electron chi connectivity index (χ2n) is 6.69. The molecule has 3 rings (SSSR count). The van der Waals surface area contributed by atoms with E-state index in [9.17, 15) is 4.79 Å². The van der Waals surface area contributed by atoms with Gasteiger partial charge in [-0.3, -0.25) is 9.69 Å². The second-order valence-corrected chi connectivity index (χ2v) is 7.56. The van der Waals surface area contributed by atoms with Gasteiger partial charge in [0.1, 0.15) is 6.04 Å². The number of amides is 1. The summed E-state index contributed by atoms with van der Waals surface area (Å²) in [5, 5.41) is 3.35. The minimum absolute atomic E-state index is 0.180. The van der Waals surface area contributed by atoms with E-state index in [0.717, 1.165) is 38.4 Å². The molecule has 0 aliphatic carbocycles. The molecule has 1 aliphatic rings. The number of piperazine rings is 1. The smallest absolute Gasteiger partial charge is 0.244 e. The summed E-state index contributed by atoms with van der Waals surface area (Å²) in [7, 11) is 0. The summed E-state index contributed by atoms with van der Waals surface area (Å²) in [6, 6.07) is 18.5. The number of nitrogens with zero attached hydrogens (tertiary/aromatic N) is 2. The van der Waals surface area contributed by atoms with Gasteiger partial charge in [0.25, 0.3) is 0 Å². The molecule has 2 aromatic rings. The highest BCUT2D eigenvalue weighted by molar-refractivity contribution is 7.98. The molecule has 0 radical (unpaired) electrons. The van der Waals surface area contributed by atoms with Crippen molar-refractivity contribution in [3.8, 4) is 0 Å². The van der Waals surface area contributed by atoms with Gasteiger partial charge < -0.3 is 10.2 Å². The molecular formula is C21H27N3OS. The van der Waals surface area contributed by atoms with Crippen LogP contribution in [0.15, 0.2) is 59.5 Å². The van der Waals surface area contributed by atoms with E-state index < -0.39 is 0 Å². The molecule has 1 N–H and O–H groups in total. The van der Waals surface area contributed by atoms with Gasteiger partial charge in [-0.05, 0) is 36.9 Å². The molecule has 138 valence electrons. The first-order chi connectivity index (χ1) is 12.7. The number of anilines is 1. The zero-order chi connectivity index (χ0) is 18.4. The van der Waals surface area contributed by atoms with Crippen molar-refractivity contribution in [1.82, 2.24) is 9.80 Å². The van der Waals surface area contributed by atoms with Crippen LogP contribution in [0.25, 0.3) is 0 Å². The monoisotopic (exact) mass is 369 g/mol. The molecule has 1 amide bonds. The highest BCUT2D eigenvalue weighted by atomic mass is 32.2. The zero-order valence-corrected chi connectivity index (χ0v) is 16.3. The highest BCUT2D eigenvalue weighted by Gasteiger charge is 2.24. The maximum absolute atomic E-state index is 12.8. The number of rotatable bonds is 6. The fourth-order valence-electron chi connectivity index (χ4n) is 3.27. The molecular weight excluding hydrogens is 342 g/mol. The van der Waals surface area contributed by atoms with Gasteiger partial charge in [-0.15, -0.1) is 11.8 Å². The first kappa shape index (κ1) is 18.8. The van der Waals surface area contributed by atoms with Crippen LogP contribution in [-0.4, -0.2) is 54.2 Å². The summed E-state index contributed by atoms with van der Waals surface area (Å²) < 4.78 is 0. The van der Waals surface area contributed by atoms with E-state index in [1.165, 1.54) is 10.5 Å². The number of hydrogen-bond acceptors (Lipinski definition) is 4.